The van der Waals surface area contributed by atoms with Crippen molar-refractivity contribution >= 4 is 21.7 Å². The van der Waals surface area contributed by atoms with Crippen LogP contribution in [0.25, 0.3) is 33.5 Å². The quantitative estimate of drug-likeness (QED) is 0.396. The third kappa shape index (κ3) is 3.75. The van der Waals surface area contributed by atoms with E-state index < -0.39 is 0 Å². The minimum absolute atomic E-state index is 0.146. The normalized spacial score (nSPS) is 10.5. The van der Waals surface area contributed by atoms with Crippen LogP contribution in [0, 0.1) is 17.1 Å². The molecular formula is C24H15BrFN3. The highest BCUT2D eigenvalue weighted by molar-refractivity contribution is 9.10. The predicted octanol–water partition coefficient (Wildman–Crippen LogP) is 6.44. The summed E-state index contributed by atoms with van der Waals surface area (Å²) in [5.41, 5.74) is 11.4. The summed E-state index contributed by atoms with van der Waals surface area (Å²) in [6.45, 7) is 0. The van der Waals surface area contributed by atoms with Gasteiger partial charge in [-0.3, -0.25) is 0 Å². The lowest BCUT2D eigenvalue weighted by Gasteiger charge is -2.11. The molecule has 3 aromatic carbocycles. The lowest BCUT2D eigenvalue weighted by atomic mass is 9.97. The zero-order valence-corrected chi connectivity index (χ0v) is 16.8. The number of rotatable bonds is 3. The summed E-state index contributed by atoms with van der Waals surface area (Å²) in [4.78, 5) is 4.41. The highest BCUT2D eigenvalue weighted by Gasteiger charge is 2.14. The number of benzene rings is 3. The summed E-state index contributed by atoms with van der Waals surface area (Å²) in [7, 11) is 0. The maximum Gasteiger partial charge on any atom is 0.142 e. The Kier molecular flexibility index (Phi) is 5.11. The third-order valence-electron chi connectivity index (χ3n) is 4.68. The molecule has 3 nitrogen and oxygen atoms in total. The van der Waals surface area contributed by atoms with Crippen LogP contribution in [0.15, 0.2) is 83.3 Å². The maximum absolute atomic E-state index is 13.6. The number of nitrogens with two attached hydrogens (primary N) is 1. The minimum Gasteiger partial charge on any atom is -0.383 e. The second kappa shape index (κ2) is 7.86. The van der Waals surface area contributed by atoms with Crippen LogP contribution in [0.2, 0.25) is 0 Å². The van der Waals surface area contributed by atoms with Crippen LogP contribution in [-0.2, 0) is 0 Å². The Balaban J connectivity index is 1.80. The number of pyridine rings is 1. The topological polar surface area (TPSA) is 62.7 Å². The second-order valence-electron chi connectivity index (χ2n) is 6.50. The van der Waals surface area contributed by atoms with Crippen molar-refractivity contribution in [2.24, 2.45) is 0 Å². The number of halogens is 2. The first-order chi connectivity index (χ1) is 14.1. The van der Waals surface area contributed by atoms with E-state index in [-0.39, 0.29) is 17.2 Å². The molecule has 140 valence electrons. The van der Waals surface area contributed by atoms with Gasteiger partial charge in [-0.1, -0.05) is 60.7 Å². The Morgan fingerprint density at radius 1 is 0.828 bits per heavy atom. The molecule has 0 radical (unpaired) electrons. The molecule has 1 heterocycles. The smallest absolute Gasteiger partial charge is 0.142 e. The van der Waals surface area contributed by atoms with Gasteiger partial charge in [-0.15, -0.1) is 0 Å². The van der Waals surface area contributed by atoms with Crippen LogP contribution < -0.4 is 5.73 Å². The Hall–Kier alpha value is -3.49. The van der Waals surface area contributed by atoms with Crippen LogP contribution in [0.5, 0.6) is 0 Å². The number of hydrogen-bond acceptors (Lipinski definition) is 3. The third-order valence-corrected chi connectivity index (χ3v) is 5.29. The first-order valence-corrected chi connectivity index (χ1v) is 9.68. The molecule has 0 aliphatic heterocycles. The molecule has 0 amide bonds. The van der Waals surface area contributed by atoms with Gasteiger partial charge in [-0.05, 0) is 50.8 Å². The molecular weight excluding hydrogens is 429 g/mol. The van der Waals surface area contributed by atoms with Crippen LogP contribution in [0.3, 0.4) is 0 Å². The van der Waals surface area contributed by atoms with Crippen LogP contribution in [-0.4, -0.2) is 4.98 Å². The SMILES string of the molecule is N#Cc1c(-c2ccc(F)c(Br)c2)cc(-c2ccc(-c3ccccc3)cc2)nc1N. The van der Waals surface area contributed by atoms with Gasteiger partial charge in [0.25, 0.3) is 0 Å². The summed E-state index contributed by atoms with van der Waals surface area (Å²) >= 11 is 3.20. The Bertz CT molecular complexity index is 1230. The van der Waals surface area contributed by atoms with E-state index in [2.05, 4.69) is 39.1 Å². The highest BCUT2D eigenvalue weighted by atomic mass is 79.9. The molecule has 0 spiro atoms. The molecule has 0 aliphatic carbocycles. The first-order valence-electron chi connectivity index (χ1n) is 8.88. The fourth-order valence-electron chi connectivity index (χ4n) is 3.19. The van der Waals surface area contributed by atoms with Gasteiger partial charge in [0.1, 0.15) is 23.3 Å². The van der Waals surface area contributed by atoms with Crippen LogP contribution in [0.1, 0.15) is 5.56 Å². The molecule has 2 N–H and O–H groups in total. The standard InChI is InChI=1S/C24H15BrFN3/c25-21-12-18(10-11-22(21)26)19-13-23(29-24(28)20(19)14-27)17-8-6-16(7-9-17)15-4-2-1-3-5-15/h1-13H,(H2,28,29). The lowest BCUT2D eigenvalue weighted by molar-refractivity contribution is 0.621. The van der Waals surface area contributed by atoms with Crippen molar-refractivity contribution in [2.45, 2.75) is 0 Å². The zero-order chi connectivity index (χ0) is 20.4. The van der Waals surface area contributed by atoms with Crippen molar-refractivity contribution in [1.29, 1.82) is 5.26 Å². The Labute approximate surface area is 176 Å². The molecule has 0 fully saturated rings. The van der Waals surface area contributed by atoms with E-state index >= 15 is 0 Å². The van der Waals surface area contributed by atoms with Gasteiger partial charge in [0, 0.05) is 11.1 Å². The molecule has 1 aromatic heterocycles. The van der Waals surface area contributed by atoms with E-state index in [4.69, 9.17) is 5.73 Å². The molecule has 4 rings (SSSR count). The highest BCUT2D eigenvalue weighted by Crippen LogP contribution is 2.33. The molecule has 0 atom stereocenters. The van der Waals surface area contributed by atoms with Crippen LogP contribution >= 0.6 is 15.9 Å². The van der Waals surface area contributed by atoms with Crippen molar-refractivity contribution in [3.8, 4) is 39.6 Å². The Morgan fingerprint density at radius 2 is 1.45 bits per heavy atom. The fourth-order valence-corrected chi connectivity index (χ4v) is 3.56. The number of nitriles is 1. The average Bonchev–Trinajstić information content (AvgIpc) is 2.76. The Morgan fingerprint density at radius 3 is 2.10 bits per heavy atom. The lowest BCUT2D eigenvalue weighted by Crippen LogP contribution is -2.00. The first kappa shape index (κ1) is 18.9. The average molecular weight is 444 g/mol. The number of anilines is 1. The van der Waals surface area contributed by atoms with E-state index in [1.165, 1.54) is 6.07 Å². The van der Waals surface area contributed by atoms with Crippen molar-refractivity contribution < 1.29 is 4.39 Å². The van der Waals surface area contributed by atoms with Crippen molar-refractivity contribution in [1.82, 2.24) is 4.98 Å². The summed E-state index contributed by atoms with van der Waals surface area (Å²) < 4.78 is 14.0. The molecule has 5 heteroatoms. The summed E-state index contributed by atoms with van der Waals surface area (Å²) in [6, 6.07) is 26.6. The maximum atomic E-state index is 13.6. The molecule has 0 unspecified atom stereocenters. The minimum atomic E-state index is -0.369. The van der Waals surface area contributed by atoms with Gasteiger partial charge in [0.15, 0.2) is 0 Å². The number of hydrogen-bond donors (Lipinski definition) is 1. The molecule has 0 aliphatic rings. The number of aromatic nitrogens is 1. The number of nitrogens with zero attached hydrogens (tertiary/aromatic N) is 2. The van der Waals surface area contributed by atoms with Crippen molar-refractivity contribution in [3.05, 3.63) is 94.7 Å². The van der Waals surface area contributed by atoms with E-state index in [9.17, 15) is 9.65 Å². The van der Waals surface area contributed by atoms with Gasteiger partial charge >= 0.3 is 0 Å². The molecule has 4 aromatic rings. The second-order valence-corrected chi connectivity index (χ2v) is 7.35. The molecule has 0 bridgehead atoms. The molecule has 29 heavy (non-hydrogen) atoms. The van der Waals surface area contributed by atoms with E-state index in [0.717, 1.165) is 16.7 Å². The summed E-state index contributed by atoms with van der Waals surface area (Å²) in [5.74, 6) is -0.224. The zero-order valence-electron chi connectivity index (χ0n) is 15.2. The van der Waals surface area contributed by atoms with E-state index in [0.29, 0.717) is 21.3 Å². The summed E-state index contributed by atoms with van der Waals surface area (Å²) in [5, 5.41) is 9.55. The van der Waals surface area contributed by atoms with Gasteiger partial charge in [-0.2, -0.15) is 5.26 Å². The monoisotopic (exact) mass is 443 g/mol. The number of nitrogen functional groups attached to an aromatic ring is 1. The largest absolute Gasteiger partial charge is 0.383 e. The molecule has 0 saturated heterocycles. The van der Waals surface area contributed by atoms with Gasteiger partial charge < -0.3 is 5.73 Å². The van der Waals surface area contributed by atoms with Gasteiger partial charge in [-0.25, -0.2) is 9.37 Å². The summed E-state index contributed by atoms with van der Waals surface area (Å²) in [6.07, 6.45) is 0. The van der Waals surface area contributed by atoms with Gasteiger partial charge in [0.05, 0.1) is 10.2 Å². The fraction of sp³-hybridized carbons (Fsp3) is 0. The van der Waals surface area contributed by atoms with E-state index in [1.54, 1.807) is 12.1 Å². The van der Waals surface area contributed by atoms with Crippen LogP contribution in [0.4, 0.5) is 10.2 Å². The van der Waals surface area contributed by atoms with Gasteiger partial charge in [0.2, 0.25) is 0 Å². The van der Waals surface area contributed by atoms with E-state index in [1.807, 2.05) is 48.5 Å². The van der Waals surface area contributed by atoms with Crippen molar-refractivity contribution in [2.75, 3.05) is 5.73 Å². The predicted molar refractivity (Wildman–Crippen MR) is 117 cm³/mol. The van der Waals surface area contributed by atoms with Crippen molar-refractivity contribution in [3.63, 3.8) is 0 Å². The molecule has 0 saturated carbocycles.